The molecule has 6 nitrogen and oxygen atoms in total. The Kier molecular flexibility index (Phi) is 6.18. The number of aryl methyl sites for hydroxylation is 1. The Morgan fingerprint density at radius 1 is 1.30 bits per heavy atom. The van der Waals surface area contributed by atoms with Crippen molar-refractivity contribution in [1.29, 1.82) is 0 Å². The standard InChI is InChI=1S/C19H23FN4O2S/c1-12-11-27-19(21-12)9-17(25)22-23-18(26)10-24(14-7-8-14)13(2)15-5-3-4-6-16(15)20/h3-6,11,13-14H,7-10H2,1-2H3,(H,22,25)(H,23,26). The molecule has 0 radical (unpaired) electrons. The quantitative estimate of drug-likeness (QED) is 0.713. The summed E-state index contributed by atoms with van der Waals surface area (Å²) < 4.78 is 14.1. The van der Waals surface area contributed by atoms with E-state index in [-0.39, 0.29) is 42.7 Å². The molecule has 0 saturated heterocycles. The van der Waals surface area contributed by atoms with Gasteiger partial charge in [0.1, 0.15) is 10.8 Å². The highest BCUT2D eigenvalue weighted by molar-refractivity contribution is 7.09. The van der Waals surface area contributed by atoms with Crippen LogP contribution >= 0.6 is 11.3 Å². The second-order valence-electron chi connectivity index (χ2n) is 6.76. The van der Waals surface area contributed by atoms with Crippen molar-refractivity contribution >= 4 is 23.2 Å². The van der Waals surface area contributed by atoms with E-state index < -0.39 is 0 Å². The molecule has 0 spiro atoms. The number of rotatable bonds is 7. The Labute approximate surface area is 161 Å². The highest BCUT2D eigenvalue weighted by atomic mass is 32.1. The molecular formula is C19H23FN4O2S. The normalized spacial score (nSPS) is 14.8. The van der Waals surface area contributed by atoms with E-state index in [1.54, 1.807) is 18.2 Å². The minimum absolute atomic E-state index is 0.0941. The van der Waals surface area contributed by atoms with Gasteiger partial charge in [-0.1, -0.05) is 18.2 Å². The van der Waals surface area contributed by atoms with E-state index >= 15 is 0 Å². The van der Waals surface area contributed by atoms with Crippen LogP contribution in [0.1, 0.15) is 42.1 Å². The van der Waals surface area contributed by atoms with E-state index in [1.165, 1.54) is 17.4 Å². The molecule has 0 bridgehead atoms. The highest BCUT2D eigenvalue weighted by Gasteiger charge is 2.34. The fourth-order valence-electron chi connectivity index (χ4n) is 2.99. The number of amides is 2. The van der Waals surface area contributed by atoms with Gasteiger partial charge in [0.05, 0.1) is 13.0 Å². The molecule has 1 fully saturated rings. The van der Waals surface area contributed by atoms with Gasteiger partial charge >= 0.3 is 0 Å². The number of hydrogen-bond acceptors (Lipinski definition) is 5. The zero-order valence-electron chi connectivity index (χ0n) is 15.4. The van der Waals surface area contributed by atoms with Crippen molar-refractivity contribution in [2.24, 2.45) is 0 Å². The lowest BCUT2D eigenvalue weighted by molar-refractivity contribution is -0.129. The molecule has 1 aliphatic rings. The lowest BCUT2D eigenvalue weighted by Gasteiger charge is -2.29. The van der Waals surface area contributed by atoms with E-state index in [4.69, 9.17) is 0 Å². The predicted molar refractivity (Wildman–Crippen MR) is 101 cm³/mol. The summed E-state index contributed by atoms with van der Waals surface area (Å²) in [6, 6.07) is 6.65. The van der Waals surface area contributed by atoms with Gasteiger partial charge in [-0.2, -0.15) is 0 Å². The van der Waals surface area contributed by atoms with E-state index in [1.807, 2.05) is 24.1 Å². The number of thiazole rings is 1. The van der Waals surface area contributed by atoms with Crippen LogP contribution in [0.5, 0.6) is 0 Å². The third-order valence-corrected chi connectivity index (χ3v) is 5.48. The van der Waals surface area contributed by atoms with E-state index in [2.05, 4.69) is 15.8 Å². The third kappa shape index (κ3) is 5.33. The van der Waals surface area contributed by atoms with Gasteiger partial charge in [-0.25, -0.2) is 9.37 Å². The lowest BCUT2D eigenvalue weighted by atomic mass is 10.1. The maximum atomic E-state index is 14.1. The summed E-state index contributed by atoms with van der Waals surface area (Å²) in [7, 11) is 0. The van der Waals surface area contributed by atoms with Gasteiger partial charge in [0.25, 0.3) is 5.91 Å². The highest BCUT2D eigenvalue weighted by Crippen LogP contribution is 2.34. The molecule has 2 amide bonds. The number of carbonyl (C=O) groups excluding carboxylic acids is 2. The van der Waals surface area contributed by atoms with Crippen LogP contribution in [0.25, 0.3) is 0 Å². The SMILES string of the molecule is Cc1csc(CC(=O)NNC(=O)CN(C2CC2)C(C)c2ccccc2F)n1. The van der Waals surface area contributed by atoms with Gasteiger partial charge in [-0.15, -0.1) is 11.3 Å². The van der Waals surface area contributed by atoms with Crippen LogP contribution in [0.15, 0.2) is 29.6 Å². The molecule has 1 unspecified atom stereocenters. The second-order valence-corrected chi connectivity index (χ2v) is 7.70. The molecule has 3 rings (SSSR count). The first-order valence-corrected chi connectivity index (χ1v) is 9.81. The average Bonchev–Trinajstić information content (AvgIpc) is 3.40. The zero-order chi connectivity index (χ0) is 19.4. The molecule has 0 aliphatic heterocycles. The Bertz CT molecular complexity index is 822. The summed E-state index contributed by atoms with van der Waals surface area (Å²) in [4.78, 5) is 30.4. The Morgan fingerprint density at radius 3 is 2.63 bits per heavy atom. The maximum Gasteiger partial charge on any atom is 0.252 e. The second kappa shape index (κ2) is 8.58. The first-order valence-electron chi connectivity index (χ1n) is 8.93. The molecule has 1 aromatic carbocycles. The molecule has 1 heterocycles. The number of hydrogen-bond donors (Lipinski definition) is 2. The monoisotopic (exact) mass is 390 g/mol. The van der Waals surface area contributed by atoms with Gasteiger partial charge in [0.2, 0.25) is 5.91 Å². The molecule has 2 N–H and O–H groups in total. The zero-order valence-corrected chi connectivity index (χ0v) is 16.2. The predicted octanol–water partition coefficient (Wildman–Crippen LogP) is 2.51. The smallest absolute Gasteiger partial charge is 0.252 e. The van der Waals surface area contributed by atoms with Crippen LogP contribution in [0.2, 0.25) is 0 Å². The van der Waals surface area contributed by atoms with Crippen molar-refractivity contribution in [3.05, 3.63) is 51.7 Å². The molecule has 144 valence electrons. The number of hydrazine groups is 1. The fourth-order valence-corrected chi connectivity index (χ4v) is 3.76. The van der Waals surface area contributed by atoms with Crippen molar-refractivity contribution in [2.75, 3.05) is 6.54 Å². The minimum atomic E-state index is -0.325. The molecule has 1 saturated carbocycles. The van der Waals surface area contributed by atoms with E-state index in [0.29, 0.717) is 10.6 Å². The van der Waals surface area contributed by atoms with Crippen LogP contribution in [0.3, 0.4) is 0 Å². The summed E-state index contributed by atoms with van der Waals surface area (Å²) in [6.07, 6.45) is 2.10. The average molecular weight is 390 g/mol. The molecule has 1 aromatic heterocycles. The summed E-state index contributed by atoms with van der Waals surface area (Å²) in [5.74, 6) is -0.922. The molecular weight excluding hydrogens is 367 g/mol. The van der Waals surface area contributed by atoms with Crippen LogP contribution in [0, 0.1) is 12.7 Å². The van der Waals surface area contributed by atoms with Crippen LogP contribution < -0.4 is 10.9 Å². The number of nitrogens with zero attached hydrogens (tertiary/aromatic N) is 2. The summed E-state index contributed by atoms with van der Waals surface area (Å²) >= 11 is 1.41. The first-order chi connectivity index (χ1) is 12.9. The summed E-state index contributed by atoms with van der Waals surface area (Å²) in [6.45, 7) is 3.85. The van der Waals surface area contributed by atoms with Gasteiger partial charge in [0, 0.05) is 28.7 Å². The van der Waals surface area contributed by atoms with Gasteiger partial charge < -0.3 is 0 Å². The number of aromatic nitrogens is 1. The largest absolute Gasteiger partial charge is 0.285 e. The number of nitrogens with one attached hydrogen (secondary N) is 2. The van der Waals surface area contributed by atoms with Crippen LogP contribution in [-0.4, -0.2) is 34.3 Å². The summed E-state index contributed by atoms with van der Waals surface area (Å²) in [5, 5.41) is 2.57. The molecule has 1 atom stereocenters. The van der Waals surface area contributed by atoms with Crippen molar-refractivity contribution in [3.8, 4) is 0 Å². The van der Waals surface area contributed by atoms with Crippen LogP contribution in [-0.2, 0) is 16.0 Å². The third-order valence-electron chi connectivity index (χ3n) is 4.51. The maximum absolute atomic E-state index is 14.1. The number of benzene rings is 1. The Hall–Kier alpha value is -2.32. The molecule has 8 heteroatoms. The van der Waals surface area contributed by atoms with E-state index in [9.17, 15) is 14.0 Å². The molecule has 2 aromatic rings. The van der Waals surface area contributed by atoms with Crippen molar-refractivity contribution in [1.82, 2.24) is 20.7 Å². The first kappa shape index (κ1) is 19.4. The summed E-state index contributed by atoms with van der Waals surface area (Å²) in [5.41, 5.74) is 6.31. The van der Waals surface area contributed by atoms with Crippen molar-refractivity contribution < 1.29 is 14.0 Å². The van der Waals surface area contributed by atoms with Gasteiger partial charge in [-0.05, 0) is 32.8 Å². The Morgan fingerprint density at radius 2 is 2.00 bits per heavy atom. The van der Waals surface area contributed by atoms with E-state index in [0.717, 1.165) is 18.5 Å². The van der Waals surface area contributed by atoms with Gasteiger partial charge in [-0.3, -0.25) is 25.3 Å². The van der Waals surface area contributed by atoms with Gasteiger partial charge in [0.15, 0.2) is 0 Å². The minimum Gasteiger partial charge on any atom is -0.285 e. The number of carbonyl (C=O) groups is 2. The molecule has 1 aliphatic carbocycles. The topological polar surface area (TPSA) is 74.3 Å². The Balaban J connectivity index is 1.53. The fraction of sp³-hybridized carbons (Fsp3) is 0.421. The molecule has 27 heavy (non-hydrogen) atoms. The van der Waals surface area contributed by atoms with Crippen LogP contribution in [0.4, 0.5) is 4.39 Å². The number of halogens is 1. The van der Waals surface area contributed by atoms with Crippen molar-refractivity contribution in [3.63, 3.8) is 0 Å². The lowest BCUT2D eigenvalue weighted by Crippen LogP contribution is -2.47. The van der Waals surface area contributed by atoms with Crippen molar-refractivity contribution in [2.45, 2.75) is 45.2 Å².